The van der Waals surface area contributed by atoms with Gasteiger partial charge in [0.1, 0.15) is 5.25 Å². The van der Waals surface area contributed by atoms with Crippen LogP contribution in [-0.2, 0) is 19.9 Å². The molecule has 0 saturated heterocycles. The van der Waals surface area contributed by atoms with Crippen LogP contribution in [0.3, 0.4) is 0 Å². The highest BCUT2D eigenvalue weighted by atomic mass is 35.5. The van der Waals surface area contributed by atoms with Crippen molar-refractivity contribution in [1.82, 2.24) is 9.71 Å². The van der Waals surface area contributed by atoms with Crippen LogP contribution in [0.2, 0.25) is 0 Å². The van der Waals surface area contributed by atoms with E-state index in [2.05, 4.69) is 9.71 Å². The third-order valence-electron chi connectivity index (χ3n) is 3.82. The van der Waals surface area contributed by atoms with Crippen LogP contribution in [0.15, 0.2) is 53.7 Å². The first-order valence-corrected chi connectivity index (χ1v) is 11.7. The molecule has 0 aliphatic rings. The zero-order chi connectivity index (χ0) is 19.2. The minimum atomic E-state index is -3.81. The van der Waals surface area contributed by atoms with Crippen molar-refractivity contribution in [2.45, 2.75) is 23.5 Å². The van der Waals surface area contributed by atoms with Gasteiger partial charge in [-0.3, -0.25) is 4.98 Å². The zero-order valence-corrected chi connectivity index (χ0v) is 16.7. The van der Waals surface area contributed by atoms with Gasteiger partial charge in [-0.25, -0.2) is 21.6 Å². The lowest BCUT2D eigenvalue weighted by atomic mass is 10.2. The standard InChI is InChI=1S/C17H21ClN2O4S2/c1-14-5-7-16(8-6-14)26(23,24)17(15-4-2-10-19-12-15)13-20-25(21,22)11-3-9-18/h2,4-8,10,12,17,20H,3,9,11,13H2,1H3/t17-/m0/s1. The molecule has 1 heterocycles. The predicted octanol–water partition coefficient (Wildman–Crippen LogP) is 2.45. The van der Waals surface area contributed by atoms with E-state index >= 15 is 0 Å². The van der Waals surface area contributed by atoms with E-state index in [1.165, 1.54) is 24.5 Å². The lowest BCUT2D eigenvalue weighted by molar-refractivity contribution is 0.568. The molecule has 26 heavy (non-hydrogen) atoms. The topological polar surface area (TPSA) is 93.2 Å². The first kappa shape index (κ1) is 20.8. The van der Waals surface area contributed by atoms with Gasteiger partial charge in [-0.05, 0) is 37.1 Å². The Morgan fingerprint density at radius 2 is 1.81 bits per heavy atom. The molecule has 0 fully saturated rings. The largest absolute Gasteiger partial charge is 0.264 e. The van der Waals surface area contributed by atoms with Gasteiger partial charge in [0.2, 0.25) is 10.0 Å². The zero-order valence-electron chi connectivity index (χ0n) is 14.3. The molecule has 0 radical (unpaired) electrons. The summed E-state index contributed by atoms with van der Waals surface area (Å²) >= 11 is 5.54. The van der Waals surface area contributed by atoms with Crippen molar-refractivity contribution < 1.29 is 16.8 Å². The average Bonchev–Trinajstić information content (AvgIpc) is 2.61. The summed E-state index contributed by atoms with van der Waals surface area (Å²) < 4.78 is 52.7. The lowest BCUT2D eigenvalue weighted by Crippen LogP contribution is -2.33. The maximum Gasteiger partial charge on any atom is 0.211 e. The third kappa shape index (κ3) is 5.51. The molecule has 0 bridgehead atoms. The van der Waals surface area contributed by atoms with Crippen molar-refractivity contribution in [2.75, 3.05) is 18.2 Å². The molecular formula is C17H21ClN2O4S2. The molecule has 2 rings (SSSR count). The van der Waals surface area contributed by atoms with Gasteiger partial charge < -0.3 is 0 Å². The second kappa shape index (κ2) is 8.94. The van der Waals surface area contributed by atoms with Gasteiger partial charge in [-0.2, -0.15) is 0 Å². The fourth-order valence-electron chi connectivity index (χ4n) is 2.38. The second-order valence-electron chi connectivity index (χ2n) is 5.84. The predicted molar refractivity (Wildman–Crippen MR) is 102 cm³/mol. The number of rotatable bonds is 9. The molecule has 1 aromatic heterocycles. The quantitative estimate of drug-likeness (QED) is 0.634. The van der Waals surface area contributed by atoms with Crippen LogP contribution in [0.5, 0.6) is 0 Å². The minimum Gasteiger partial charge on any atom is -0.264 e. The number of pyridine rings is 1. The molecule has 6 nitrogen and oxygen atoms in total. The maximum atomic E-state index is 13.1. The molecule has 1 atom stereocenters. The molecule has 0 spiro atoms. The summed E-state index contributed by atoms with van der Waals surface area (Å²) in [6.07, 6.45) is 3.26. The summed E-state index contributed by atoms with van der Waals surface area (Å²) in [6, 6.07) is 9.70. The fraction of sp³-hybridized carbons (Fsp3) is 0.353. The number of alkyl halides is 1. The number of hydrogen-bond acceptors (Lipinski definition) is 5. The number of aromatic nitrogens is 1. The van der Waals surface area contributed by atoms with E-state index in [4.69, 9.17) is 11.6 Å². The first-order chi connectivity index (χ1) is 12.3. The van der Waals surface area contributed by atoms with Crippen LogP contribution in [0.25, 0.3) is 0 Å². The Bertz CT molecular complexity index is 915. The summed E-state index contributed by atoms with van der Waals surface area (Å²) in [5, 5.41) is -1.08. The molecule has 0 aliphatic carbocycles. The SMILES string of the molecule is Cc1ccc(S(=O)(=O)[C@@H](CNS(=O)(=O)CCCCl)c2cccnc2)cc1. The maximum absolute atomic E-state index is 13.1. The normalized spacial score (nSPS) is 13.5. The molecule has 1 aromatic carbocycles. The molecule has 0 aliphatic heterocycles. The van der Waals surface area contributed by atoms with Gasteiger partial charge in [0.15, 0.2) is 9.84 Å². The van der Waals surface area contributed by atoms with Crippen molar-refractivity contribution in [3.8, 4) is 0 Å². The van der Waals surface area contributed by atoms with Gasteiger partial charge in [0.25, 0.3) is 0 Å². The van der Waals surface area contributed by atoms with Crippen molar-refractivity contribution >= 4 is 31.5 Å². The highest BCUT2D eigenvalue weighted by Crippen LogP contribution is 2.28. The fourth-order valence-corrected chi connectivity index (χ4v) is 5.52. The first-order valence-electron chi connectivity index (χ1n) is 8.00. The molecule has 9 heteroatoms. The Labute approximate surface area is 159 Å². The smallest absolute Gasteiger partial charge is 0.211 e. The van der Waals surface area contributed by atoms with Crippen LogP contribution >= 0.6 is 11.6 Å². The Morgan fingerprint density at radius 1 is 1.12 bits per heavy atom. The van der Waals surface area contributed by atoms with Crippen molar-refractivity contribution in [2.24, 2.45) is 0 Å². The summed E-state index contributed by atoms with van der Waals surface area (Å²) in [5.74, 6) is 0.0649. The number of benzene rings is 1. The van der Waals surface area contributed by atoms with Crippen molar-refractivity contribution in [3.63, 3.8) is 0 Å². The Morgan fingerprint density at radius 3 is 2.38 bits per heavy atom. The Balaban J connectivity index is 2.34. The van der Waals surface area contributed by atoms with Gasteiger partial charge in [-0.15, -0.1) is 11.6 Å². The molecular weight excluding hydrogens is 396 g/mol. The van der Waals surface area contributed by atoms with E-state index in [-0.39, 0.29) is 23.1 Å². The third-order valence-corrected chi connectivity index (χ3v) is 7.63. The number of aryl methyl sites for hydroxylation is 1. The van der Waals surface area contributed by atoms with E-state index in [1.807, 2.05) is 6.92 Å². The van der Waals surface area contributed by atoms with Crippen LogP contribution in [0.1, 0.15) is 22.8 Å². The summed E-state index contributed by atoms with van der Waals surface area (Å²) in [4.78, 5) is 4.10. The number of halogens is 1. The molecule has 0 saturated carbocycles. The van der Waals surface area contributed by atoms with E-state index in [1.54, 1.807) is 24.3 Å². The molecule has 2 aromatic rings. The second-order valence-corrected chi connectivity index (χ2v) is 10.3. The molecule has 0 amide bonds. The van der Waals surface area contributed by atoms with Gasteiger partial charge >= 0.3 is 0 Å². The number of sulfonamides is 1. The highest BCUT2D eigenvalue weighted by Gasteiger charge is 2.30. The number of nitrogens with zero attached hydrogens (tertiary/aromatic N) is 1. The number of hydrogen-bond donors (Lipinski definition) is 1. The van der Waals surface area contributed by atoms with Crippen LogP contribution in [-0.4, -0.2) is 40.0 Å². The molecule has 0 unspecified atom stereocenters. The van der Waals surface area contributed by atoms with Crippen LogP contribution in [0.4, 0.5) is 0 Å². The number of nitrogens with one attached hydrogen (secondary N) is 1. The van der Waals surface area contributed by atoms with E-state index in [0.29, 0.717) is 12.0 Å². The molecule has 142 valence electrons. The Kier molecular flexibility index (Phi) is 7.16. The average molecular weight is 417 g/mol. The lowest BCUT2D eigenvalue weighted by Gasteiger charge is -2.19. The van der Waals surface area contributed by atoms with Gasteiger partial charge in [0.05, 0.1) is 10.6 Å². The van der Waals surface area contributed by atoms with Crippen molar-refractivity contribution in [1.29, 1.82) is 0 Å². The highest BCUT2D eigenvalue weighted by molar-refractivity contribution is 7.92. The molecule has 1 N–H and O–H groups in total. The van der Waals surface area contributed by atoms with E-state index in [0.717, 1.165) is 5.56 Å². The van der Waals surface area contributed by atoms with Crippen molar-refractivity contribution in [3.05, 3.63) is 59.9 Å². The summed E-state index contributed by atoms with van der Waals surface area (Å²) in [5.41, 5.74) is 1.36. The van der Waals surface area contributed by atoms with Crippen LogP contribution in [0, 0.1) is 6.92 Å². The summed E-state index contributed by atoms with van der Waals surface area (Å²) in [7, 11) is -7.42. The van der Waals surface area contributed by atoms with Gasteiger partial charge in [-0.1, -0.05) is 23.8 Å². The number of sulfone groups is 1. The van der Waals surface area contributed by atoms with E-state index < -0.39 is 25.1 Å². The van der Waals surface area contributed by atoms with E-state index in [9.17, 15) is 16.8 Å². The minimum absolute atomic E-state index is 0.136. The van der Waals surface area contributed by atoms with Gasteiger partial charge in [0, 0.05) is 24.8 Å². The summed E-state index contributed by atoms with van der Waals surface area (Å²) in [6.45, 7) is 1.59. The monoisotopic (exact) mass is 416 g/mol. The van der Waals surface area contributed by atoms with Crippen LogP contribution < -0.4 is 4.72 Å². The Hall–Kier alpha value is -1.48.